The molecule has 1 amide bonds. The normalized spacial score (nSPS) is 17.0. The number of amides is 1. The van der Waals surface area contributed by atoms with Gasteiger partial charge in [-0.3, -0.25) is 9.69 Å². The third-order valence-electron chi connectivity index (χ3n) is 6.10. The molecule has 1 aliphatic heterocycles. The minimum atomic E-state index is -0.0993. The van der Waals surface area contributed by atoms with Crippen LogP contribution in [0.3, 0.4) is 0 Å². The number of nitrogens with one attached hydrogen (secondary N) is 1. The molecule has 31 heavy (non-hydrogen) atoms. The highest BCUT2D eigenvalue weighted by Crippen LogP contribution is 2.40. The molecule has 3 rings (SSSR count). The quantitative estimate of drug-likeness (QED) is 0.663. The van der Waals surface area contributed by atoms with Crippen molar-refractivity contribution < 1.29 is 19.0 Å². The fourth-order valence-corrected chi connectivity index (χ4v) is 4.47. The Hall–Kier alpha value is -2.57. The average molecular weight is 427 g/mol. The summed E-state index contributed by atoms with van der Waals surface area (Å²) in [5.41, 5.74) is 5.00. The molecule has 6 nitrogen and oxygen atoms in total. The summed E-state index contributed by atoms with van der Waals surface area (Å²) in [6.45, 7) is 6.03. The van der Waals surface area contributed by atoms with E-state index in [4.69, 9.17) is 14.2 Å². The van der Waals surface area contributed by atoms with Gasteiger partial charge in [0.05, 0.1) is 20.3 Å². The van der Waals surface area contributed by atoms with Crippen molar-refractivity contribution in [2.24, 2.45) is 0 Å². The van der Waals surface area contributed by atoms with Crippen LogP contribution >= 0.6 is 0 Å². The first kappa shape index (κ1) is 23.1. The van der Waals surface area contributed by atoms with Gasteiger partial charge in [0.1, 0.15) is 6.61 Å². The van der Waals surface area contributed by atoms with Crippen LogP contribution in [0, 0.1) is 6.92 Å². The molecule has 168 valence electrons. The summed E-state index contributed by atoms with van der Waals surface area (Å²) in [5, 5.41) is 3.20. The first-order chi connectivity index (χ1) is 15.0. The van der Waals surface area contributed by atoms with E-state index in [1.165, 1.54) is 29.4 Å². The fourth-order valence-electron chi connectivity index (χ4n) is 4.47. The standard InChI is InChI=1S/C25H34N2O4/c1-6-21(26-24(28)16-29-3)25-20-14-23(31-5)22(30-4)13-18(20)11-12-27(25)15-19-10-8-7-9-17(19)2/h7-10,13-14,21,25H,6,11-12,15-16H2,1-5H3,(H,26,28). The Bertz CT molecular complexity index is 899. The summed E-state index contributed by atoms with van der Waals surface area (Å²) in [4.78, 5) is 14.9. The molecule has 0 radical (unpaired) electrons. The molecule has 0 aromatic heterocycles. The summed E-state index contributed by atoms with van der Waals surface area (Å²) in [7, 11) is 4.86. The summed E-state index contributed by atoms with van der Waals surface area (Å²) >= 11 is 0. The zero-order valence-electron chi connectivity index (χ0n) is 19.2. The lowest BCUT2D eigenvalue weighted by Gasteiger charge is -2.42. The number of carbonyl (C=O) groups excluding carboxylic acids is 1. The molecule has 0 saturated carbocycles. The number of ether oxygens (including phenoxy) is 3. The van der Waals surface area contributed by atoms with Gasteiger partial charge in [0.15, 0.2) is 11.5 Å². The largest absolute Gasteiger partial charge is 0.493 e. The Morgan fingerprint density at radius 2 is 1.87 bits per heavy atom. The molecule has 0 spiro atoms. The molecule has 1 aliphatic rings. The third kappa shape index (κ3) is 5.20. The number of nitrogens with zero attached hydrogens (tertiary/aromatic N) is 1. The van der Waals surface area contributed by atoms with Crippen molar-refractivity contribution in [2.75, 3.05) is 34.5 Å². The van der Waals surface area contributed by atoms with Gasteiger partial charge in [-0.25, -0.2) is 0 Å². The van der Waals surface area contributed by atoms with Crippen molar-refractivity contribution in [2.45, 2.75) is 45.3 Å². The number of rotatable bonds is 9. The van der Waals surface area contributed by atoms with Crippen LogP contribution in [0.2, 0.25) is 0 Å². The van der Waals surface area contributed by atoms with Gasteiger partial charge < -0.3 is 19.5 Å². The lowest BCUT2D eigenvalue weighted by molar-refractivity contribution is -0.126. The summed E-state index contributed by atoms with van der Waals surface area (Å²) < 4.78 is 16.2. The van der Waals surface area contributed by atoms with Crippen LogP contribution in [0.1, 0.15) is 41.6 Å². The summed E-state index contributed by atoms with van der Waals surface area (Å²) in [6, 6.07) is 12.6. The molecule has 6 heteroatoms. The lowest BCUT2D eigenvalue weighted by Crippen LogP contribution is -2.49. The van der Waals surface area contributed by atoms with E-state index in [9.17, 15) is 4.79 Å². The molecule has 1 N–H and O–H groups in total. The number of fused-ring (bicyclic) bond motifs is 1. The molecular formula is C25H34N2O4. The van der Waals surface area contributed by atoms with E-state index < -0.39 is 0 Å². The molecule has 2 aromatic carbocycles. The monoisotopic (exact) mass is 426 g/mol. The highest BCUT2D eigenvalue weighted by molar-refractivity contribution is 5.77. The molecule has 1 heterocycles. The van der Waals surface area contributed by atoms with Gasteiger partial charge in [0.25, 0.3) is 0 Å². The van der Waals surface area contributed by atoms with E-state index in [1.54, 1.807) is 14.2 Å². The summed E-state index contributed by atoms with van der Waals surface area (Å²) in [5.74, 6) is 1.35. The van der Waals surface area contributed by atoms with E-state index in [0.717, 1.165) is 31.7 Å². The molecule has 2 aromatic rings. The SMILES string of the molecule is CCC(NC(=O)COC)C1c2cc(OC)c(OC)cc2CCN1Cc1ccccc1C. The van der Waals surface area contributed by atoms with Crippen molar-refractivity contribution in [1.82, 2.24) is 10.2 Å². The van der Waals surface area contributed by atoms with E-state index in [1.807, 2.05) is 0 Å². The van der Waals surface area contributed by atoms with Gasteiger partial charge in [-0.15, -0.1) is 0 Å². The van der Waals surface area contributed by atoms with Gasteiger partial charge in [-0.1, -0.05) is 31.2 Å². The highest BCUT2D eigenvalue weighted by atomic mass is 16.5. The minimum absolute atomic E-state index is 0.0222. The van der Waals surface area contributed by atoms with E-state index in [0.29, 0.717) is 5.75 Å². The van der Waals surface area contributed by atoms with Crippen LogP contribution in [-0.2, 0) is 22.5 Å². The lowest BCUT2D eigenvalue weighted by atomic mass is 9.86. The second kappa shape index (κ2) is 10.6. The predicted molar refractivity (Wildman–Crippen MR) is 122 cm³/mol. The van der Waals surface area contributed by atoms with Crippen LogP contribution in [0.15, 0.2) is 36.4 Å². The maximum atomic E-state index is 12.4. The Morgan fingerprint density at radius 3 is 2.52 bits per heavy atom. The Morgan fingerprint density at radius 1 is 1.16 bits per heavy atom. The number of hydrogen-bond acceptors (Lipinski definition) is 5. The molecule has 2 unspecified atom stereocenters. The second-order valence-electron chi connectivity index (χ2n) is 8.01. The topological polar surface area (TPSA) is 60.0 Å². The van der Waals surface area contributed by atoms with Crippen molar-refractivity contribution in [3.63, 3.8) is 0 Å². The van der Waals surface area contributed by atoms with Crippen molar-refractivity contribution in [3.8, 4) is 11.5 Å². The predicted octanol–water partition coefficient (Wildman–Crippen LogP) is 3.65. The van der Waals surface area contributed by atoms with Gasteiger partial charge in [-0.05, 0) is 54.2 Å². The van der Waals surface area contributed by atoms with Crippen LogP contribution in [0.5, 0.6) is 11.5 Å². The molecule has 0 aliphatic carbocycles. The molecule has 2 atom stereocenters. The minimum Gasteiger partial charge on any atom is -0.493 e. The van der Waals surface area contributed by atoms with Crippen LogP contribution in [0.25, 0.3) is 0 Å². The fraction of sp³-hybridized carbons (Fsp3) is 0.480. The average Bonchev–Trinajstić information content (AvgIpc) is 2.78. The number of carbonyl (C=O) groups is 1. The van der Waals surface area contributed by atoms with Crippen LogP contribution in [0.4, 0.5) is 0 Å². The number of methoxy groups -OCH3 is 3. The number of hydrogen-bond donors (Lipinski definition) is 1. The van der Waals surface area contributed by atoms with E-state index in [-0.39, 0.29) is 24.6 Å². The zero-order valence-corrected chi connectivity index (χ0v) is 19.2. The van der Waals surface area contributed by atoms with Gasteiger partial charge >= 0.3 is 0 Å². The van der Waals surface area contributed by atoms with Crippen molar-refractivity contribution >= 4 is 5.91 Å². The molecule has 0 bridgehead atoms. The number of aryl methyl sites for hydroxylation is 1. The third-order valence-corrected chi connectivity index (χ3v) is 6.10. The van der Waals surface area contributed by atoms with Crippen molar-refractivity contribution in [1.29, 1.82) is 0 Å². The molecule has 0 saturated heterocycles. The Kier molecular flexibility index (Phi) is 7.93. The maximum Gasteiger partial charge on any atom is 0.246 e. The van der Waals surface area contributed by atoms with Crippen LogP contribution in [-0.4, -0.2) is 51.3 Å². The smallest absolute Gasteiger partial charge is 0.246 e. The zero-order chi connectivity index (χ0) is 22.4. The van der Waals surface area contributed by atoms with Gasteiger partial charge in [0.2, 0.25) is 5.91 Å². The first-order valence-electron chi connectivity index (χ1n) is 10.8. The van der Waals surface area contributed by atoms with Gasteiger partial charge in [-0.2, -0.15) is 0 Å². The Labute approximate surface area is 185 Å². The van der Waals surface area contributed by atoms with E-state index >= 15 is 0 Å². The van der Waals surface area contributed by atoms with Gasteiger partial charge in [0, 0.05) is 26.2 Å². The highest BCUT2D eigenvalue weighted by Gasteiger charge is 2.35. The molecule has 0 fully saturated rings. The second-order valence-corrected chi connectivity index (χ2v) is 8.01. The van der Waals surface area contributed by atoms with Crippen LogP contribution < -0.4 is 14.8 Å². The first-order valence-corrected chi connectivity index (χ1v) is 10.8. The summed E-state index contributed by atoms with van der Waals surface area (Å²) in [6.07, 6.45) is 1.72. The number of benzene rings is 2. The molecular weight excluding hydrogens is 392 g/mol. The van der Waals surface area contributed by atoms with E-state index in [2.05, 4.69) is 60.5 Å². The Balaban J connectivity index is 2.03. The van der Waals surface area contributed by atoms with Crippen molar-refractivity contribution in [3.05, 3.63) is 58.7 Å². The maximum absolute atomic E-state index is 12.4.